The van der Waals surface area contributed by atoms with Crippen molar-refractivity contribution in [3.8, 4) is 0 Å². The molecule has 0 N–H and O–H groups in total. The molecule has 0 bridgehead atoms. The molecule has 1 amide bonds. The zero-order valence-electron chi connectivity index (χ0n) is 10.2. The van der Waals surface area contributed by atoms with Crippen molar-refractivity contribution in [3.63, 3.8) is 0 Å². The van der Waals surface area contributed by atoms with E-state index in [9.17, 15) is 4.79 Å². The molecule has 1 fully saturated rings. The molecule has 2 unspecified atom stereocenters. The summed E-state index contributed by atoms with van der Waals surface area (Å²) < 4.78 is 5.28. The predicted octanol–water partition coefficient (Wildman–Crippen LogP) is 2.99. The van der Waals surface area contributed by atoms with E-state index in [1.165, 1.54) is 6.42 Å². The molecule has 1 aromatic rings. The highest BCUT2D eigenvalue weighted by atomic mass is 16.3. The van der Waals surface area contributed by atoms with Gasteiger partial charge in [-0.2, -0.15) is 0 Å². The maximum atomic E-state index is 12.3. The maximum Gasteiger partial charge on any atom is 0.290 e. The Kier molecular flexibility index (Phi) is 3.03. The van der Waals surface area contributed by atoms with Crippen molar-refractivity contribution < 1.29 is 9.21 Å². The topological polar surface area (TPSA) is 33.5 Å². The molecule has 1 aromatic heterocycles. The first kappa shape index (κ1) is 11.2. The molecule has 16 heavy (non-hydrogen) atoms. The van der Waals surface area contributed by atoms with E-state index >= 15 is 0 Å². The molecule has 2 atom stereocenters. The quantitative estimate of drug-likeness (QED) is 0.730. The van der Waals surface area contributed by atoms with E-state index in [0.717, 1.165) is 18.4 Å². The number of carbonyl (C=O) groups excluding carboxylic acids is 1. The van der Waals surface area contributed by atoms with Gasteiger partial charge < -0.3 is 9.32 Å². The van der Waals surface area contributed by atoms with Crippen molar-refractivity contribution in [2.45, 2.75) is 52.1 Å². The van der Waals surface area contributed by atoms with Crippen LogP contribution in [0.1, 0.15) is 49.2 Å². The summed E-state index contributed by atoms with van der Waals surface area (Å²) in [6.07, 6.45) is 4.98. The third-order valence-electron chi connectivity index (χ3n) is 3.48. The van der Waals surface area contributed by atoms with E-state index < -0.39 is 0 Å². The van der Waals surface area contributed by atoms with Crippen molar-refractivity contribution in [2.75, 3.05) is 0 Å². The van der Waals surface area contributed by atoms with Gasteiger partial charge in [0.15, 0.2) is 5.76 Å². The first-order valence-corrected chi connectivity index (χ1v) is 5.98. The lowest BCUT2D eigenvalue weighted by Gasteiger charge is -2.38. The maximum absolute atomic E-state index is 12.3. The first-order valence-electron chi connectivity index (χ1n) is 5.98. The van der Waals surface area contributed by atoms with Gasteiger partial charge in [-0.3, -0.25) is 4.79 Å². The van der Waals surface area contributed by atoms with Crippen molar-refractivity contribution in [1.82, 2.24) is 4.90 Å². The number of piperidine rings is 1. The second-order valence-corrected chi connectivity index (χ2v) is 4.77. The third kappa shape index (κ3) is 1.86. The number of hydrogen-bond donors (Lipinski definition) is 0. The molecule has 2 heterocycles. The second kappa shape index (κ2) is 4.32. The lowest BCUT2D eigenvalue weighted by Crippen LogP contribution is -2.47. The van der Waals surface area contributed by atoms with Crippen LogP contribution in [0.15, 0.2) is 16.7 Å². The highest BCUT2D eigenvalue weighted by Crippen LogP contribution is 2.25. The molecule has 1 saturated heterocycles. The fraction of sp³-hybridized carbons (Fsp3) is 0.615. The summed E-state index contributed by atoms with van der Waals surface area (Å²) in [5.41, 5.74) is 0.926. The highest BCUT2D eigenvalue weighted by molar-refractivity contribution is 5.93. The molecule has 0 aliphatic carbocycles. The van der Waals surface area contributed by atoms with Crippen LogP contribution < -0.4 is 0 Å². The van der Waals surface area contributed by atoms with Gasteiger partial charge in [0.25, 0.3) is 5.91 Å². The minimum absolute atomic E-state index is 0.0437. The molecule has 3 nitrogen and oxygen atoms in total. The van der Waals surface area contributed by atoms with E-state index in [2.05, 4.69) is 13.8 Å². The number of likely N-dealkylation sites (tertiary alicyclic amines) is 1. The van der Waals surface area contributed by atoms with Crippen LogP contribution in [0.25, 0.3) is 0 Å². The molecule has 0 spiro atoms. The van der Waals surface area contributed by atoms with Crippen LogP contribution in [0.4, 0.5) is 0 Å². The van der Waals surface area contributed by atoms with Gasteiger partial charge in [-0.1, -0.05) is 0 Å². The Balaban J connectivity index is 2.23. The van der Waals surface area contributed by atoms with Crippen LogP contribution in [-0.2, 0) is 0 Å². The van der Waals surface area contributed by atoms with Gasteiger partial charge in [0.1, 0.15) is 0 Å². The molecule has 0 aromatic carbocycles. The van der Waals surface area contributed by atoms with Crippen molar-refractivity contribution in [3.05, 3.63) is 23.7 Å². The Morgan fingerprint density at radius 2 is 2.00 bits per heavy atom. The first-order chi connectivity index (χ1) is 7.61. The summed E-state index contributed by atoms with van der Waals surface area (Å²) in [5.74, 6) is 0.544. The predicted molar refractivity (Wildman–Crippen MR) is 62.4 cm³/mol. The molecule has 2 rings (SSSR count). The van der Waals surface area contributed by atoms with Gasteiger partial charge in [-0.15, -0.1) is 0 Å². The van der Waals surface area contributed by atoms with Gasteiger partial charge in [-0.25, -0.2) is 0 Å². The molecule has 1 aliphatic rings. The summed E-state index contributed by atoms with van der Waals surface area (Å²) in [6, 6.07) is 2.48. The summed E-state index contributed by atoms with van der Waals surface area (Å²) >= 11 is 0. The molecular weight excluding hydrogens is 202 g/mol. The molecular formula is C13H19NO2. The van der Waals surface area contributed by atoms with E-state index in [-0.39, 0.29) is 5.91 Å². The van der Waals surface area contributed by atoms with Gasteiger partial charge in [-0.05, 0) is 46.1 Å². The molecule has 1 aliphatic heterocycles. The van der Waals surface area contributed by atoms with Crippen LogP contribution in [-0.4, -0.2) is 22.9 Å². The summed E-state index contributed by atoms with van der Waals surface area (Å²) in [7, 11) is 0. The third-order valence-corrected chi connectivity index (χ3v) is 3.48. The standard InChI is InChI=1S/C13H19NO2/c1-9-7-8-16-12(9)13(15)14-10(2)5-4-6-11(14)3/h7-8,10-11H,4-6H2,1-3H3. The number of hydrogen-bond acceptors (Lipinski definition) is 2. The molecule has 0 saturated carbocycles. The smallest absolute Gasteiger partial charge is 0.290 e. The Labute approximate surface area is 96.4 Å². The number of amides is 1. The Hall–Kier alpha value is -1.25. The second-order valence-electron chi connectivity index (χ2n) is 4.77. The molecule has 88 valence electrons. The minimum Gasteiger partial charge on any atom is -0.459 e. The summed E-state index contributed by atoms with van der Waals surface area (Å²) in [6.45, 7) is 6.15. The van der Waals surface area contributed by atoms with Gasteiger partial charge in [0, 0.05) is 17.6 Å². The van der Waals surface area contributed by atoms with Crippen LogP contribution >= 0.6 is 0 Å². The Bertz CT molecular complexity index is 373. The van der Waals surface area contributed by atoms with Crippen molar-refractivity contribution in [1.29, 1.82) is 0 Å². The van der Waals surface area contributed by atoms with E-state index in [1.54, 1.807) is 6.26 Å². The fourth-order valence-electron chi connectivity index (χ4n) is 2.53. The number of rotatable bonds is 1. The van der Waals surface area contributed by atoms with Gasteiger partial charge in [0.2, 0.25) is 0 Å². The number of aryl methyl sites for hydroxylation is 1. The number of nitrogens with zero attached hydrogens (tertiary/aromatic N) is 1. The average Bonchev–Trinajstić information content (AvgIpc) is 2.64. The minimum atomic E-state index is 0.0437. The van der Waals surface area contributed by atoms with Crippen molar-refractivity contribution in [2.24, 2.45) is 0 Å². The highest BCUT2D eigenvalue weighted by Gasteiger charge is 2.31. The van der Waals surface area contributed by atoms with E-state index in [4.69, 9.17) is 4.42 Å². The lowest BCUT2D eigenvalue weighted by molar-refractivity contribution is 0.0477. The zero-order valence-corrected chi connectivity index (χ0v) is 10.2. The normalized spacial score (nSPS) is 25.8. The van der Waals surface area contributed by atoms with Crippen LogP contribution in [0, 0.1) is 6.92 Å². The van der Waals surface area contributed by atoms with Crippen molar-refractivity contribution >= 4 is 5.91 Å². The zero-order chi connectivity index (χ0) is 11.7. The SMILES string of the molecule is Cc1ccoc1C(=O)N1C(C)CCCC1C. The van der Waals surface area contributed by atoms with E-state index in [0.29, 0.717) is 17.8 Å². The number of carbonyl (C=O) groups is 1. The largest absolute Gasteiger partial charge is 0.459 e. The Morgan fingerprint density at radius 1 is 1.38 bits per heavy atom. The average molecular weight is 221 g/mol. The lowest BCUT2D eigenvalue weighted by atomic mass is 9.97. The van der Waals surface area contributed by atoms with Crippen LogP contribution in [0.3, 0.4) is 0 Å². The van der Waals surface area contributed by atoms with Crippen LogP contribution in [0.2, 0.25) is 0 Å². The van der Waals surface area contributed by atoms with Gasteiger partial charge >= 0.3 is 0 Å². The fourth-order valence-corrected chi connectivity index (χ4v) is 2.53. The van der Waals surface area contributed by atoms with E-state index in [1.807, 2.05) is 17.9 Å². The molecule has 3 heteroatoms. The van der Waals surface area contributed by atoms with Crippen LogP contribution in [0.5, 0.6) is 0 Å². The monoisotopic (exact) mass is 221 g/mol. The number of furan rings is 1. The summed E-state index contributed by atoms with van der Waals surface area (Å²) in [4.78, 5) is 14.3. The Morgan fingerprint density at radius 3 is 2.50 bits per heavy atom. The molecule has 0 radical (unpaired) electrons. The summed E-state index contributed by atoms with van der Waals surface area (Å²) in [5, 5.41) is 0. The van der Waals surface area contributed by atoms with Gasteiger partial charge in [0.05, 0.1) is 6.26 Å².